The van der Waals surface area contributed by atoms with Crippen LogP contribution in [0.5, 0.6) is 0 Å². The zero-order chi connectivity index (χ0) is 13.9. The Morgan fingerprint density at radius 1 is 0.700 bits per heavy atom. The van der Waals surface area contributed by atoms with Crippen LogP contribution in [0.15, 0.2) is 48.5 Å². The highest BCUT2D eigenvalue weighted by atomic mass is 14.9. The summed E-state index contributed by atoms with van der Waals surface area (Å²) in [6.07, 6.45) is 0. The van der Waals surface area contributed by atoms with Gasteiger partial charge in [0, 0.05) is 35.2 Å². The van der Waals surface area contributed by atoms with Gasteiger partial charge in [-0.1, -0.05) is 24.3 Å². The Morgan fingerprint density at radius 2 is 1.15 bits per heavy atom. The maximum atomic E-state index is 3.46. The summed E-state index contributed by atoms with van der Waals surface area (Å²) < 4.78 is 0. The number of nitrogens with one attached hydrogen (secondary N) is 2. The highest BCUT2D eigenvalue weighted by Crippen LogP contribution is 2.33. The molecule has 0 heterocycles. The van der Waals surface area contributed by atoms with Gasteiger partial charge < -0.3 is 10.6 Å². The summed E-state index contributed by atoms with van der Waals surface area (Å²) >= 11 is 0. The van der Waals surface area contributed by atoms with Crippen LogP contribution in [0.3, 0.4) is 0 Å². The van der Waals surface area contributed by atoms with Crippen LogP contribution < -0.4 is 10.6 Å². The van der Waals surface area contributed by atoms with Gasteiger partial charge in [-0.05, 0) is 48.9 Å². The van der Waals surface area contributed by atoms with E-state index in [1.165, 1.54) is 32.9 Å². The van der Waals surface area contributed by atoms with E-state index in [1.54, 1.807) is 0 Å². The van der Waals surface area contributed by atoms with Crippen LogP contribution in [0.2, 0.25) is 0 Å². The minimum absolute atomic E-state index is 0.933. The first-order valence-electron chi connectivity index (χ1n) is 7.26. The molecule has 0 aliphatic heterocycles. The van der Waals surface area contributed by atoms with Crippen molar-refractivity contribution in [2.75, 3.05) is 23.7 Å². The monoisotopic (exact) mass is 264 g/mol. The van der Waals surface area contributed by atoms with Gasteiger partial charge in [-0.25, -0.2) is 0 Å². The zero-order valence-corrected chi connectivity index (χ0v) is 12.0. The Morgan fingerprint density at radius 3 is 1.55 bits per heavy atom. The van der Waals surface area contributed by atoms with Gasteiger partial charge in [0.1, 0.15) is 0 Å². The summed E-state index contributed by atoms with van der Waals surface area (Å²) in [5.41, 5.74) is 2.41. The molecule has 0 spiro atoms. The molecular weight excluding hydrogens is 244 g/mol. The second kappa shape index (κ2) is 5.41. The van der Waals surface area contributed by atoms with E-state index in [2.05, 4.69) is 73.0 Å². The Balaban J connectivity index is 2.33. The molecule has 0 aliphatic rings. The molecule has 0 bridgehead atoms. The maximum absolute atomic E-state index is 3.46. The van der Waals surface area contributed by atoms with Gasteiger partial charge in [-0.2, -0.15) is 0 Å². The Bertz CT molecular complexity index is 683. The fourth-order valence-electron chi connectivity index (χ4n) is 2.72. The number of rotatable bonds is 4. The van der Waals surface area contributed by atoms with E-state index in [0.717, 1.165) is 13.1 Å². The number of hydrogen-bond acceptors (Lipinski definition) is 2. The van der Waals surface area contributed by atoms with E-state index < -0.39 is 0 Å². The van der Waals surface area contributed by atoms with Crippen molar-refractivity contribution in [3.8, 4) is 0 Å². The molecule has 0 saturated carbocycles. The third-order valence-electron chi connectivity index (χ3n) is 3.62. The number of hydrogen-bond donors (Lipinski definition) is 2. The topological polar surface area (TPSA) is 24.1 Å². The van der Waals surface area contributed by atoms with E-state index >= 15 is 0 Å². The molecule has 3 aromatic carbocycles. The highest BCUT2D eigenvalue weighted by molar-refractivity contribution is 6.08. The van der Waals surface area contributed by atoms with Crippen molar-refractivity contribution >= 4 is 32.9 Å². The molecule has 0 aliphatic carbocycles. The molecule has 3 rings (SSSR count). The molecular formula is C18H20N2. The first-order chi connectivity index (χ1) is 9.83. The average Bonchev–Trinajstić information content (AvgIpc) is 2.48. The summed E-state index contributed by atoms with van der Waals surface area (Å²) in [5, 5.41) is 12.0. The Hall–Kier alpha value is -2.22. The lowest BCUT2D eigenvalue weighted by molar-refractivity contribution is 1.21. The normalized spacial score (nSPS) is 10.9. The van der Waals surface area contributed by atoms with Gasteiger partial charge in [-0.3, -0.25) is 0 Å². The predicted octanol–water partition coefficient (Wildman–Crippen LogP) is 4.86. The van der Waals surface area contributed by atoms with Crippen molar-refractivity contribution in [2.45, 2.75) is 13.8 Å². The molecule has 2 N–H and O–H groups in total. The van der Waals surface area contributed by atoms with Crippen LogP contribution in [-0.2, 0) is 0 Å². The predicted molar refractivity (Wildman–Crippen MR) is 89.8 cm³/mol. The van der Waals surface area contributed by atoms with Crippen molar-refractivity contribution in [1.29, 1.82) is 0 Å². The smallest absolute Gasteiger partial charge is 0.0421 e. The summed E-state index contributed by atoms with van der Waals surface area (Å²) in [7, 11) is 0. The van der Waals surface area contributed by atoms with Crippen LogP contribution in [0.4, 0.5) is 11.4 Å². The van der Waals surface area contributed by atoms with Crippen LogP contribution >= 0.6 is 0 Å². The highest BCUT2D eigenvalue weighted by Gasteiger charge is 2.07. The summed E-state index contributed by atoms with van der Waals surface area (Å²) in [4.78, 5) is 0. The summed E-state index contributed by atoms with van der Waals surface area (Å²) in [6, 6.07) is 17.4. The van der Waals surface area contributed by atoms with Crippen molar-refractivity contribution in [3.05, 3.63) is 48.5 Å². The van der Waals surface area contributed by atoms with Gasteiger partial charge in [0.25, 0.3) is 0 Å². The van der Waals surface area contributed by atoms with E-state index in [4.69, 9.17) is 0 Å². The number of benzene rings is 3. The van der Waals surface area contributed by atoms with Crippen molar-refractivity contribution in [1.82, 2.24) is 0 Å². The van der Waals surface area contributed by atoms with Crippen LogP contribution in [0.1, 0.15) is 13.8 Å². The fourth-order valence-corrected chi connectivity index (χ4v) is 2.72. The SMILES string of the molecule is CCNc1ccc(NCC)c2cc3ccccc3cc12. The van der Waals surface area contributed by atoms with Gasteiger partial charge in [-0.15, -0.1) is 0 Å². The Labute approximate surface area is 119 Å². The lowest BCUT2D eigenvalue weighted by Gasteiger charge is -2.14. The van der Waals surface area contributed by atoms with Gasteiger partial charge in [0.2, 0.25) is 0 Å². The number of anilines is 2. The molecule has 2 nitrogen and oxygen atoms in total. The molecule has 0 unspecified atom stereocenters. The molecule has 2 heteroatoms. The van der Waals surface area contributed by atoms with Crippen LogP contribution in [0.25, 0.3) is 21.5 Å². The molecule has 0 fully saturated rings. The molecule has 3 aromatic rings. The van der Waals surface area contributed by atoms with Crippen molar-refractivity contribution < 1.29 is 0 Å². The minimum Gasteiger partial charge on any atom is -0.385 e. The van der Waals surface area contributed by atoms with E-state index in [9.17, 15) is 0 Å². The molecule has 0 saturated heterocycles. The van der Waals surface area contributed by atoms with Gasteiger partial charge >= 0.3 is 0 Å². The first-order valence-corrected chi connectivity index (χ1v) is 7.26. The standard InChI is InChI=1S/C18H20N2/c1-3-19-17-9-10-18(20-4-2)16-12-14-8-6-5-7-13(14)11-15(16)17/h5-12,19-20H,3-4H2,1-2H3. The molecule has 0 radical (unpaired) electrons. The van der Waals surface area contributed by atoms with Crippen molar-refractivity contribution in [2.24, 2.45) is 0 Å². The maximum Gasteiger partial charge on any atom is 0.0421 e. The number of fused-ring (bicyclic) bond motifs is 2. The van der Waals surface area contributed by atoms with E-state index in [-0.39, 0.29) is 0 Å². The summed E-state index contributed by atoms with van der Waals surface area (Å²) in [5.74, 6) is 0. The quantitative estimate of drug-likeness (QED) is 0.658. The molecule has 0 aromatic heterocycles. The lowest BCUT2D eigenvalue weighted by Crippen LogP contribution is -2.01. The summed E-state index contributed by atoms with van der Waals surface area (Å²) in [6.45, 7) is 6.13. The fraction of sp³-hybridized carbons (Fsp3) is 0.222. The first kappa shape index (κ1) is 12.8. The third kappa shape index (κ3) is 2.18. The molecule has 102 valence electrons. The lowest BCUT2D eigenvalue weighted by atomic mass is 10.0. The van der Waals surface area contributed by atoms with E-state index in [0.29, 0.717) is 0 Å². The second-order valence-corrected chi connectivity index (χ2v) is 4.97. The van der Waals surface area contributed by atoms with Crippen LogP contribution in [0, 0.1) is 0 Å². The average molecular weight is 264 g/mol. The van der Waals surface area contributed by atoms with Gasteiger partial charge in [0.05, 0.1) is 0 Å². The second-order valence-electron chi connectivity index (χ2n) is 4.97. The largest absolute Gasteiger partial charge is 0.385 e. The molecule has 20 heavy (non-hydrogen) atoms. The minimum atomic E-state index is 0.933. The van der Waals surface area contributed by atoms with E-state index in [1.807, 2.05) is 0 Å². The molecule has 0 atom stereocenters. The van der Waals surface area contributed by atoms with Gasteiger partial charge in [0.15, 0.2) is 0 Å². The van der Waals surface area contributed by atoms with Crippen LogP contribution in [-0.4, -0.2) is 13.1 Å². The Kier molecular flexibility index (Phi) is 3.46. The zero-order valence-electron chi connectivity index (χ0n) is 12.0. The molecule has 0 amide bonds. The van der Waals surface area contributed by atoms with Crippen molar-refractivity contribution in [3.63, 3.8) is 0 Å². The third-order valence-corrected chi connectivity index (χ3v) is 3.62.